The maximum Gasteiger partial charge on any atom is 0.419 e. The monoisotopic (exact) mass is 618 g/mol. The van der Waals surface area contributed by atoms with Crippen LogP contribution in [0.4, 0.5) is 24.1 Å². The number of alkyl halides is 3. The number of hydrogen-bond acceptors (Lipinski definition) is 9. The number of aromatic nitrogens is 3. The van der Waals surface area contributed by atoms with Crippen LogP contribution in [-0.2, 0) is 17.5 Å². The lowest BCUT2D eigenvalue weighted by Gasteiger charge is -2.30. The van der Waals surface area contributed by atoms with Crippen molar-refractivity contribution >= 4 is 34.2 Å². The van der Waals surface area contributed by atoms with Gasteiger partial charge in [-0.15, -0.1) is 0 Å². The third-order valence-electron chi connectivity index (χ3n) is 8.05. The standard InChI is InChI=1S/C29H33F3N6O4S/c1-3-19-5-4-10-38(19)16-23-25(18-6-7-22(42-2)20(13-18)29(30,31)32)35-28(43-23)36-26(39)21-14-34-24(15-33-21)37-11-8-17(9-12-37)27(40)41/h6-7,13-15,17,19H,3-5,8-12,16H2,1-2H3,(H,40,41)(H,35,36,39). The number of rotatable bonds is 9. The van der Waals surface area contributed by atoms with E-state index in [1.165, 1.54) is 36.9 Å². The maximum absolute atomic E-state index is 13.8. The Morgan fingerprint density at radius 1 is 1.14 bits per heavy atom. The molecular weight excluding hydrogens is 585 g/mol. The van der Waals surface area contributed by atoms with Crippen molar-refractivity contribution in [1.29, 1.82) is 0 Å². The van der Waals surface area contributed by atoms with E-state index >= 15 is 0 Å². The van der Waals surface area contributed by atoms with Gasteiger partial charge in [0.2, 0.25) is 0 Å². The molecule has 2 aromatic heterocycles. The zero-order chi connectivity index (χ0) is 30.7. The number of likely N-dealkylation sites (tertiary alicyclic amines) is 1. The summed E-state index contributed by atoms with van der Waals surface area (Å²) in [6.45, 7) is 4.55. The van der Waals surface area contributed by atoms with Crippen LogP contribution in [0, 0.1) is 5.92 Å². The Balaban J connectivity index is 1.38. The van der Waals surface area contributed by atoms with E-state index in [-0.39, 0.29) is 28.1 Å². The van der Waals surface area contributed by atoms with Crippen LogP contribution in [-0.4, -0.2) is 69.6 Å². The highest BCUT2D eigenvalue weighted by Crippen LogP contribution is 2.41. The number of methoxy groups -OCH3 is 1. The molecule has 3 aromatic rings. The van der Waals surface area contributed by atoms with Crippen LogP contribution in [0.3, 0.4) is 0 Å². The summed E-state index contributed by atoms with van der Waals surface area (Å²) in [6.07, 6.45) is 2.27. The number of halogens is 3. The molecule has 0 bridgehead atoms. The van der Waals surface area contributed by atoms with Gasteiger partial charge in [0.1, 0.15) is 17.3 Å². The molecule has 2 aliphatic rings. The van der Waals surface area contributed by atoms with E-state index < -0.39 is 23.6 Å². The first-order valence-corrected chi connectivity index (χ1v) is 15.0. The number of hydrogen-bond donors (Lipinski definition) is 2. The normalized spacial score (nSPS) is 18.2. The van der Waals surface area contributed by atoms with E-state index in [9.17, 15) is 27.9 Å². The molecule has 2 N–H and O–H groups in total. The summed E-state index contributed by atoms with van der Waals surface area (Å²) in [5, 5.41) is 12.2. The number of nitrogens with one attached hydrogen (secondary N) is 1. The van der Waals surface area contributed by atoms with Crippen molar-refractivity contribution < 1.29 is 32.6 Å². The molecule has 230 valence electrons. The molecule has 43 heavy (non-hydrogen) atoms. The van der Waals surface area contributed by atoms with Crippen LogP contribution in [0.25, 0.3) is 11.3 Å². The molecule has 2 aliphatic heterocycles. The zero-order valence-corrected chi connectivity index (χ0v) is 24.7. The number of carboxylic acids is 1. The first-order chi connectivity index (χ1) is 20.6. The van der Waals surface area contributed by atoms with Crippen LogP contribution in [0.1, 0.15) is 60.0 Å². The third-order valence-corrected chi connectivity index (χ3v) is 9.01. The van der Waals surface area contributed by atoms with E-state index in [1.54, 1.807) is 6.07 Å². The van der Waals surface area contributed by atoms with Crippen LogP contribution in [0.15, 0.2) is 30.6 Å². The van der Waals surface area contributed by atoms with Crippen molar-refractivity contribution in [3.05, 3.63) is 46.7 Å². The molecule has 0 aliphatic carbocycles. The van der Waals surface area contributed by atoms with Gasteiger partial charge >= 0.3 is 12.1 Å². The third kappa shape index (κ3) is 6.90. The molecule has 1 atom stereocenters. The van der Waals surface area contributed by atoms with Crippen LogP contribution < -0.4 is 15.0 Å². The molecule has 0 radical (unpaired) electrons. The Bertz CT molecular complexity index is 1460. The molecule has 5 rings (SSSR count). The summed E-state index contributed by atoms with van der Waals surface area (Å²) >= 11 is 1.23. The molecule has 1 unspecified atom stereocenters. The van der Waals surface area contributed by atoms with Crippen molar-refractivity contribution in [2.75, 3.05) is 37.0 Å². The number of carbonyl (C=O) groups is 2. The van der Waals surface area contributed by atoms with Gasteiger partial charge < -0.3 is 14.7 Å². The molecule has 4 heterocycles. The quantitative estimate of drug-likeness (QED) is 0.318. The minimum atomic E-state index is -4.62. The molecule has 2 fully saturated rings. The number of piperidine rings is 1. The number of benzene rings is 1. The Morgan fingerprint density at radius 3 is 2.53 bits per heavy atom. The molecule has 14 heteroatoms. The first kappa shape index (κ1) is 30.7. The Labute approximate surface area is 250 Å². The van der Waals surface area contributed by atoms with Gasteiger partial charge in [-0.25, -0.2) is 15.0 Å². The van der Waals surface area contributed by atoms with Crippen LogP contribution in [0.2, 0.25) is 0 Å². The summed E-state index contributed by atoms with van der Waals surface area (Å²) in [4.78, 5) is 42.5. The fraction of sp³-hybridized carbons (Fsp3) is 0.483. The predicted molar refractivity (Wildman–Crippen MR) is 155 cm³/mol. The lowest BCUT2D eigenvalue weighted by molar-refractivity contribution is -0.142. The molecule has 0 spiro atoms. The van der Waals surface area contributed by atoms with Crippen LogP contribution in [0.5, 0.6) is 5.75 Å². The minimum absolute atomic E-state index is 0.0527. The maximum atomic E-state index is 13.8. The average molecular weight is 619 g/mol. The SMILES string of the molecule is CCC1CCCN1Cc1sc(NC(=O)c2cnc(N3CCC(C(=O)O)CC3)cn2)nc1-c1ccc(OC)c(C(F)(F)F)c1. The van der Waals surface area contributed by atoms with Crippen molar-refractivity contribution in [3.63, 3.8) is 0 Å². The number of carbonyl (C=O) groups excluding carboxylic acids is 1. The molecule has 1 amide bonds. The summed E-state index contributed by atoms with van der Waals surface area (Å²) in [7, 11) is 1.20. The molecular formula is C29H33F3N6O4S. The largest absolute Gasteiger partial charge is 0.496 e. The highest BCUT2D eigenvalue weighted by Gasteiger charge is 2.35. The van der Waals surface area contributed by atoms with E-state index in [0.717, 1.165) is 36.8 Å². The van der Waals surface area contributed by atoms with Gasteiger partial charge in [-0.2, -0.15) is 13.2 Å². The number of ether oxygens (including phenoxy) is 1. The topological polar surface area (TPSA) is 121 Å². The highest BCUT2D eigenvalue weighted by atomic mass is 32.1. The predicted octanol–water partition coefficient (Wildman–Crippen LogP) is 5.56. The Morgan fingerprint density at radius 2 is 1.91 bits per heavy atom. The summed E-state index contributed by atoms with van der Waals surface area (Å²) in [5.74, 6) is -1.45. The summed E-state index contributed by atoms with van der Waals surface area (Å²) in [5.41, 5.74) is -0.187. The summed E-state index contributed by atoms with van der Waals surface area (Å²) < 4.78 is 46.4. The van der Waals surface area contributed by atoms with Crippen LogP contribution >= 0.6 is 11.3 Å². The number of thiazole rings is 1. The Kier molecular flexibility index (Phi) is 9.16. The zero-order valence-electron chi connectivity index (χ0n) is 23.9. The molecule has 2 saturated heterocycles. The molecule has 10 nitrogen and oxygen atoms in total. The lowest BCUT2D eigenvalue weighted by Crippen LogP contribution is -2.36. The van der Waals surface area contributed by atoms with Gasteiger partial charge in [-0.1, -0.05) is 18.3 Å². The smallest absolute Gasteiger partial charge is 0.419 e. The van der Waals surface area contributed by atoms with Gasteiger partial charge in [0.15, 0.2) is 5.13 Å². The van der Waals surface area contributed by atoms with Gasteiger partial charge in [0, 0.05) is 36.1 Å². The number of anilines is 2. The first-order valence-electron chi connectivity index (χ1n) is 14.2. The van der Waals surface area contributed by atoms with Crippen molar-refractivity contribution in [2.45, 2.75) is 57.8 Å². The average Bonchev–Trinajstić information content (AvgIpc) is 3.62. The van der Waals surface area contributed by atoms with Gasteiger partial charge in [0.25, 0.3) is 5.91 Å². The van der Waals surface area contributed by atoms with E-state index in [0.29, 0.717) is 50.0 Å². The fourth-order valence-corrected chi connectivity index (χ4v) is 6.69. The van der Waals surface area contributed by atoms with Crippen molar-refractivity contribution in [2.24, 2.45) is 5.92 Å². The van der Waals surface area contributed by atoms with Gasteiger partial charge in [-0.3, -0.25) is 19.8 Å². The second-order valence-electron chi connectivity index (χ2n) is 10.7. The Hall–Kier alpha value is -3.78. The minimum Gasteiger partial charge on any atom is -0.496 e. The van der Waals surface area contributed by atoms with Crippen molar-refractivity contribution in [1.82, 2.24) is 19.9 Å². The van der Waals surface area contributed by atoms with E-state index in [4.69, 9.17) is 4.74 Å². The number of nitrogens with zero attached hydrogens (tertiary/aromatic N) is 5. The number of amides is 1. The second-order valence-corrected chi connectivity index (χ2v) is 11.8. The molecule has 1 aromatic carbocycles. The van der Waals surface area contributed by atoms with Gasteiger partial charge in [0.05, 0.1) is 36.7 Å². The molecule has 0 saturated carbocycles. The lowest BCUT2D eigenvalue weighted by atomic mass is 9.97. The van der Waals surface area contributed by atoms with E-state index in [1.807, 2.05) is 4.90 Å². The van der Waals surface area contributed by atoms with Gasteiger partial charge in [-0.05, 0) is 56.8 Å². The van der Waals surface area contributed by atoms with Crippen molar-refractivity contribution in [3.8, 4) is 17.0 Å². The summed E-state index contributed by atoms with van der Waals surface area (Å²) in [6, 6.07) is 4.24. The number of aliphatic carboxylic acids is 1. The second kappa shape index (κ2) is 12.8. The number of carboxylic acid groups (broad SMARTS) is 1. The van der Waals surface area contributed by atoms with E-state index in [2.05, 4.69) is 32.1 Å². The highest BCUT2D eigenvalue weighted by molar-refractivity contribution is 7.16. The fourth-order valence-electron chi connectivity index (χ4n) is 5.68.